The summed E-state index contributed by atoms with van der Waals surface area (Å²) < 4.78 is 0.770. The van der Waals surface area contributed by atoms with Crippen LogP contribution in [0.15, 0.2) is 15.6 Å². The number of carbonyl (C=O) groups is 3. The Morgan fingerprint density at radius 3 is 2.81 bits per heavy atom. The maximum atomic E-state index is 12.4. The molecule has 0 aliphatic carbocycles. The molecule has 2 aliphatic rings. The fraction of sp³-hybridized carbons (Fsp3) is 0.533. The molecule has 3 heterocycles. The van der Waals surface area contributed by atoms with Crippen molar-refractivity contribution >= 4 is 52.6 Å². The van der Waals surface area contributed by atoms with Gasteiger partial charge in [-0.1, -0.05) is 30.0 Å². The number of aliphatic carboxylic acids is 1. The van der Waals surface area contributed by atoms with Crippen LogP contribution in [0.2, 0.25) is 0 Å². The summed E-state index contributed by atoms with van der Waals surface area (Å²) >= 11 is 4.35. The summed E-state index contributed by atoms with van der Waals surface area (Å²) in [7, 11) is 0. The summed E-state index contributed by atoms with van der Waals surface area (Å²) in [5, 5.41) is 20.8. The minimum atomic E-state index is -1.12. The maximum Gasteiger partial charge on any atom is 0.352 e. The highest BCUT2D eigenvalue weighted by molar-refractivity contribution is 8.01. The van der Waals surface area contributed by atoms with Crippen LogP contribution in [0, 0.1) is 6.92 Å². The van der Waals surface area contributed by atoms with Crippen molar-refractivity contribution in [2.75, 3.05) is 11.5 Å². The van der Waals surface area contributed by atoms with Crippen molar-refractivity contribution in [3.05, 3.63) is 16.3 Å². The minimum absolute atomic E-state index is 0.0356. The van der Waals surface area contributed by atoms with Crippen molar-refractivity contribution in [3.8, 4) is 0 Å². The van der Waals surface area contributed by atoms with E-state index in [2.05, 4.69) is 15.5 Å². The number of carbonyl (C=O) groups excluding carboxylic acids is 2. The summed E-state index contributed by atoms with van der Waals surface area (Å²) in [5.74, 6) is -0.725. The molecule has 0 bridgehead atoms. The van der Waals surface area contributed by atoms with Crippen LogP contribution in [0.4, 0.5) is 0 Å². The molecule has 0 saturated carbocycles. The van der Waals surface area contributed by atoms with Crippen molar-refractivity contribution in [2.24, 2.45) is 0 Å². The molecule has 0 radical (unpaired) electrons. The van der Waals surface area contributed by atoms with E-state index < -0.39 is 12.0 Å². The second-order valence-corrected chi connectivity index (χ2v) is 9.35. The zero-order valence-corrected chi connectivity index (χ0v) is 16.7. The lowest BCUT2D eigenvalue weighted by molar-refractivity contribution is -0.150. The van der Waals surface area contributed by atoms with Crippen LogP contribution >= 0.6 is 34.9 Å². The monoisotopic (exact) mass is 414 g/mol. The molecular formula is C15H18N4O4S3. The van der Waals surface area contributed by atoms with Gasteiger partial charge in [-0.25, -0.2) is 4.79 Å². The molecule has 0 spiro atoms. The number of fused-ring (bicyclic) bond motifs is 1. The number of thioether (sulfide) groups is 2. The summed E-state index contributed by atoms with van der Waals surface area (Å²) in [5.41, 5.74) is 0.719. The number of carboxylic acids is 1. The number of rotatable bonds is 7. The first-order chi connectivity index (χ1) is 12.4. The Labute approximate surface area is 162 Å². The Hall–Kier alpha value is -1.59. The van der Waals surface area contributed by atoms with E-state index in [0.717, 1.165) is 9.35 Å². The first kappa shape index (κ1) is 19.2. The van der Waals surface area contributed by atoms with Gasteiger partial charge in [0.25, 0.3) is 5.91 Å². The molecule has 140 valence electrons. The predicted molar refractivity (Wildman–Crippen MR) is 100.0 cm³/mol. The van der Waals surface area contributed by atoms with Gasteiger partial charge in [0.15, 0.2) is 4.34 Å². The van der Waals surface area contributed by atoms with Crippen LogP contribution in [-0.4, -0.2) is 60.9 Å². The molecule has 1 fully saturated rings. The van der Waals surface area contributed by atoms with Crippen LogP contribution in [0.25, 0.3) is 0 Å². The van der Waals surface area contributed by atoms with Gasteiger partial charge in [0.2, 0.25) is 5.91 Å². The van der Waals surface area contributed by atoms with Gasteiger partial charge >= 0.3 is 5.97 Å². The van der Waals surface area contributed by atoms with Crippen molar-refractivity contribution in [3.63, 3.8) is 0 Å². The number of nitrogens with one attached hydrogen (secondary N) is 1. The number of hydrogen-bond acceptors (Lipinski definition) is 8. The molecule has 1 saturated heterocycles. The van der Waals surface area contributed by atoms with E-state index in [1.807, 2.05) is 13.8 Å². The summed E-state index contributed by atoms with van der Waals surface area (Å²) in [6.45, 7) is 3.74. The standard InChI is InChI=1S/C15H18N4O4S3/c1-3-4-9(20)16-10-12(21)19-11(14(22)23)8(5-24-13(10)19)6-25-15-18-17-7(2)26-15/h10,13H,3-6H2,1-2H3,(H,16,20)(H,22,23)/t10-,13+/m0/s1. The highest BCUT2D eigenvalue weighted by Crippen LogP contribution is 2.41. The lowest BCUT2D eigenvalue weighted by atomic mass is 10.0. The largest absolute Gasteiger partial charge is 0.477 e. The molecule has 0 unspecified atom stereocenters. The highest BCUT2D eigenvalue weighted by Gasteiger charge is 2.54. The summed E-state index contributed by atoms with van der Waals surface area (Å²) in [6, 6.07) is -0.645. The first-order valence-corrected chi connectivity index (χ1v) is 10.9. The van der Waals surface area contributed by atoms with E-state index in [4.69, 9.17) is 0 Å². The molecular weight excluding hydrogens is 396 g/mol. The van der Waals surface area contributed by atoms with Gasteiger partial charge in [-0.05, 0) is 18.9 Å². The number of aryl methyl sites for hydroxylation is 1. The molecule has 2 amide bonds. The minimum Gasteiger partial charge on any atom is -0.477 e. The van der Waals surface area contributed by atoms with Crippen LogP contribution in [0.1, 0.15) is 24.8 Å². The molecule has 0 aromatic carbocycles. The lowest BCUT2D eigenvalue weighted by Gasteiger charge is -2.49. The Balaban J connectivity index is 1.73. The van der Waals surface area contributed by atoms with Crippen LogP contribution in [0.3, 0.4) is 0 Å². The van der Waals surface area contributed by atoms with E-state index in [9.17, 15) is 19.5 Å². The van der Waals surface area contributed by atoms with Gasteiger partial charge in [0.1, 0.15) is 22.1 Å². The quantitative estimate of drug-likeness (QED) is 0.510. The predicted octanol–water partition coefficient (Wildman–Crippen LogP) is 1.48. The smallest absolute Gasteiger partial charge is 0.352 e. The third-order valence-corrected chi connectivity index (χ3v) is 7.32. The summed E-state index contributed by atoms with van der Waals surface area (Å²) in [6.07, 6.45) is 1.05. The van der Waals surface area contributed by atoms with Crippen molar-refractivity contribution in [1.29, 1.82) is 0 Å². The van der Waals surface area contributed by atoms with E-state index in [-0.39, 0.29) is 22.9 Å². The van der Waals surface area contributed by atoms with Crippen LogP contribution < -0.4 is 5.32 Å². The third-order valence-electron chi connectivity index (χ3n) is 3.92. The Morgan fingerprint density at radius 1 is 1.42 bits per heavy atom. The highest BCUT2D eigenvalue weighted by atomic mass is 32.2. The summed E-state index contributed by atoms with van der Waals surface area (Å²) in [4.78, 5) is 37.3. The zero-order valence-electron chi connectivity index (χ0n) is 14.2. The van der Waals surface area contributed by atoms with E-state index >= 15 is 0 Å². The molecule has 8 nitrogen and oxygen atoms in total. The fourth-order valence-electron chi connectivity index (χ4n) is 2.75. The van der Waals surface area contributed by atoms with Crippen molar-refractivity contribution < 1.29 is 19.5 Å². The molecule has 11 heteroatoms. The molecule has 2 atom stereocenters. The van der Waals surface area contributed by atoms with Gasteiger partial charge in [-0.15, -0.1) is 22.0 Å². The van der Waals surface area contributed by atoms with Gasteiger partial charge in [-0.2, -0.15) is 0 Å². The van der Waals surface area contributed by atoms with Crippen LogP contribution in [-0.2, 0) is 14.4 Å². The number of amides is 2. The SMILES string of the molecule is CCCC(=O)N[C@H]1C(=O)N2C(C(=O)O)=C(CSc3nnc(C)s3)CS[C@H]12. The van der Waals surface area contributed by atoms with Crippen molar-refractivity contribution in [2.45, 2.75) is 42.4 Å². The molecule has 1 aromatic heterocycles. The third kappa shape index (κ3) is 3.74. The Bertz CT molecular complexity index is 779. The molecule has 3 rings (SSSR count). The topological polar surface area (TPSA) is 112 Å². The van der Waals surface area contributed by atoms with E-state index in [1.54, 1.807) is 0 Å². The number of β-lactam (4-membered cyclic amide) rings is 1. The average molecular weight is 415 g/mol. The molecule has 2 aliphatic heterocycles. The molecule has 2 N–H and O–H groups in total. The molecule has 26 heavy (non-hydrogen) atoms. The number of carboxylic acid groups (broad SMARTS) is 1. The van der Waals surface area contributed by atoms with Gasteiger partial charge in [0, 0.05) is 17.9 Å². The Morgan fingerprint density at radius 2 is 2.19 bits per heavy atom. The second kappa shape index (κ2) is 7.97. The second-order valence-electron chi connectivity index (χ2n) is 5.84. The lowest BCUT2D eigenvalue weighted by Crippen LogP contribution is -2.70. The van der Waals surface area contributed by atoms with E-state index in [0.29, 0.717) is 29.9 Å². The van der Waals surface area contributed by atoms with Gasteiger partial charge < -0.3 is 10.4 Å². The normalized spacial score (nSPS) is 22.1. The number of hydrogen-bond donors (Lipinski definition) is 2. The van der Waals surface area contributed by atoms with E-state index in [1.165, 1.54) is 39.8 Å². The van der Waals surface area contributed by atoms with Gasteiger partial charge in [0.05, 0.1) is 0 Å². The van der Waals surface area contributed by atoms with Gasteiger partial charge in [-0.3, -0.25) is 14.5 Å². The maximum absolute atomic E-state index is 12.4. The number of aromatic nitrogens is 2. The Kier molecular flexibility index (Phi) is 5.88. The number of nitrogens with zero attached hydrogens (tertiary/aromatic N) is 3. The fourth-order valence-corrected chi connectivity index (χ4v) is 6.05. The van der Waals surface area contributed by atoms with Crippen LogP contribution in [0.5, 0.6) is 0 Å². The first-order valence-electron chi connectivity index (χ1n) is 8.04. The average Bonchev–Trinajstić information content (AvgIpc) is 3.02. The van der Waals surface area contributed by atoms with Crippen molar-refractivity contribution in [1.82, 2.24) is 20.4 Å². The molecule has 1 aromatic rings. The zero-order chi connectivity index (χ0) is 18.8.